The van der Waals surface area contributed by atoms with Crippen LogP contribution in [-0.2, 0) is 6.42 Å². The largest absolute Gasteiger partial charge is 0.357 e. The Hall–Kier alpha value is -1.55. The summed E-state index contributed by atoms with van der Waals surface area (Å²) in [5.74, 6) is 0.973. The fourth-order valence-electron chi connectivity index (χ4n) is 3.54. The number of likely N-dealkylation sites (tertiary alicyclic amines) is 1. The highest BCUT2D eigenvalue weighted by Crippen LogP contribution is 2.12. The Morgan fingerprint density at radius 2 is 1.96 bits per heavy atom. The fraction of sp³-hybridized carbons (Fsp3) is 0.667. The minimum absolute atomic E-state index is 0.548. The maximum absolute atomic E-state index is 4.80. The molecule has 0 atom stereocenters. The molecule has 1 saturated heterocycles. The van der Waals surface area contributed by atoms with Crippen molar-refractivity contribution in [3.63, 3.8) is 0 Å². The lowest BCUT2D eigenvalue weighted by molar-refractivity contribution is 0.206. The van der Waals surface area contributed by atoms with Crippen molar-refractivity contribution in [1.82, 2.24) is 15.5 Å². The zero-order valence-electron chi connectivity index (χ0n) is 16.6. The highest BCUT2D eigenvalue weighted by atomic mass is 15.2. The lowest BCUT2D eigenvalue weighted by atomic mass is 10.0. The topological polar surface area (TPSA) is 39.7 Å². The molecule has 0 amide bonds. The smallest absolute Gasteiger partial charge is 0.191 e. The third-order valence-corrected chi connectivity index (χ3v) is 4.96. The van der Waals surface area contributed by atoms with Gasteiger partial charge >= 0.3 is 0 Å². The van der Waals surface area contributed by atoms with Gasteiger partial charge in [-0.1, -0.05) is 30.7 Å². The first-order valence-electron chi connectivity index (χ1n) is 9.95. The highest BCUT2D eigenvalue weighted by molar-refractivity contribution is 5.80. The minimum Gasteiger partial charge on any atom is -0.357 e. The van der Waals surface area contributed by atoms with Crippen LogP contribution >= 0.6 is 0 Å². The van der Waals surface area contributed by atoms with Gasteiger partial charge in [-0.3, -0.25) is 4.99 Å². The second-order valence-electron chi connectivity index (χ2n) is 7.20. The number of aryl methyl sites for hydroxylation is 2. The third kappa shape index (κ3) is 6.69. The zero-order chi connectivity index (χ0) is 18.1. The maximum Gasteiger partial charge on any atom is 0.191 e. The lowest BCUT2D eigenvalue weighted by Crippen LogP contribution is -2.48. The van der Waals surface area contributed by atoms with E-state index in [1.165, 1.54) is 55.6 Å². The van der Waals surface area contributed by atoms with E-state index in [-0.39, 0.29) is 0 Å². The molecular weight excluding hydrogens is 308 g/mol. The molecule has 0 aliphatic carbocycles. The molecule has 1 aliphatic rings. The van der Waals surface area contributed by atoms with Gasteiger partial charge in [0.15, 0.2) is 5.96 Å². The molecule has 0 aromatic heterocycles. The van der Waals surface area contributed by atoms with Crippen LogP contribution in [0.5, 0.6) is 0 Å². The Labute approximate surface area is 154 Å². The van der Waals surface area contributed by atoms with Gasteiger partial charge in [-0.05, 0) is 64.1 Å². The van der Waals surface area contributed by atoms with Crippen LogP contribution in [0.2, 0.25) is 0 Å². The van der Waals surface area contributed by atoms with E-state index in [4.69, 9.17) is 4.99 Å². The Bertz CT molecular complexity index is 545. The molecule has 2 N–H and O–H groups in total. The normalized spacial score (nSPS) is 16.9. The van der Waals surface area contributed by atoms with Gasteiger partial charge in [0.05, 0.1) is 0 Å². The number of hydrogen-bond donors (Lipinski definition) is 2. The number of aliphatic imine (C=N–C) groups is 1. The molecule has 1 aliphatic heterocycles. The van der Waals surface area contributed by atoms with E-state index >= 15 is 0 Å². The zero-order valence-corrected chi connectivity index (χ0v) is 16.6. The van der Waals surface area contributed by atoms with E-state index in [9.17, 15) is 0 Å². The third-order valence-electron chi connectivity index (χ3n) is 4.96. The van der Waals surface area contributed by atoms with Gasteiger partial charge in [0.25, 0.3) is 0 Å². The molecule has 1 aromatic carbocycles. The predicted octanol–water partition coefficient (Wildman–Crippen LogP) is 3.28. The molecule has 0 bridgehead atoms. The summed E-state index contributed by atoms with van der Waals surface area (Å²) in [6.45, 7) is 14.1. The van der Waals surface area contributed by atoms with E-state index in [1.807, 2.05) is 0 Å². The summed E-state index contributed by atoms with van der Waals surface area (Å²) in [6.07, 6.45) is 4.67. The van der Waals surface area contributed by atoms with Crippen molar-refractivity contribution in [2.24, 2.45) is 4.99 Å². The summed E-state index contributed by atoms with van der Waals surface area (Å²) >= 11 is 0. The average Bonchev–Trinajstić information content (AvgIpc) is 2.59. The molecule has 0 saturated carbocycles. The molecule has 0 unspecified atom stereocenters. The van der Waals surface area contributed by atoms with Gasteiger partial charge in [0, 0.05) is 32.2 Å². The number of nitrogens with zero attached hydrogens (tertiary/aromatic N) is 2. The molecule has 140 valence electrons. The van der Waals surface area contributed by atoms with Crippen molar-refractivity contribution < 1.29 is 0 Å². The molecule has 4 heteroatoms. The van der Waals surface area contributed by atoms with Crippen LogP contribution in [0.15, 0.2) is 23.2 Å². The molecule has 1 fully saturated rings. The predicted molar refractivity (Wildman–Crippen MR) is 108 cm³/mol. The molecule has 4 nitrogen and oxygen atoms in total. The summed E-state index contributed by atoms with van der Waals surface area (Å²) < 4.78 is 0. The van der Waals surface area contributed by atoms with Crippen molar-refractivity contribution in [1.29, 1.82) is 0 Å². The van der Waals surface area contributed by atoms with E-state index in [1.54, 1.807) is 0 Å². The molecule has 1 heterocycles. The summed E-state index contributed by atoms with van der Waals surface area (Å²) in [7, 11) is 0. The Balaban J connectivity index is 1.84. The first-order chi connectivity index (χ1) is 12.1. The maximum atomic E-state index is 4.80. The van der Waals surface area contributed by atoms with Gasteiger partial charge in [-0.15, -0.1) is 0 Å². The summed E-state index contributed by atoms with van der Waals surface area (Å²) in [5.41, 5.74) is 4.10. The van der Waals surface area contributed by atoms with Gasteiger partial charge in [0.2, 0.25) is 0 Å². The number of guanidine groups is 1. The second-order valence-corrected chi connectivity index (χ2v) is 7.20. The highest BCUT2D eigenvalue weighted by Gasteiger charge is 2.19. The number of hydrogen-bond acceptors (Lipinski definition) is 2. The summed E-state index contributed by atoms with van der Waals surface area (Å²) in [5, 5.41) is 7.04. The minimum atomic E-state index is 0.548. The first-order valence-corrected chi connectivity index (χ1v) is 9.95. The molecule has 1 aromatic rings. The molecule has 2 rings (SSSR count). The van der Waals surface area contributed by atoms with Crippen LogP contribution in [0.4, 0.5) is 0 Å². The Morgan fingerprint density at radius 3 is 2.60 bits per heavy atom. The van der Waals surface area contributed by atoms with Crippen LogP contribution in [0, 0.1) is 13.8 Å². The number of nitrogens with one attached hydrogen (secondary N) is 2. The van der Waals surface area contributed by atoms with Crippen LogP contribution < -0.4 is 10.6 Å². The first kappa shape index (κ1) is 19.8. The van der Waals surface area contributed by atoms with E-state index in [0.29, 0.717) is 6.04 Å². The van der Waals surface area contributed by atoms with Crippen LogP contribution in [0.25, 0.3) is 0 Å². The van der Waals surface area contributed by atoms with Gasteiger partial charge in [-0.2, -0.15) is 0 Å². The van der Waals surface area contributed by atoms with Gasteiger partial charge in [-0.25, -0.2) is 0 Å². The van der Waals surface area contributed by atoms with Gasteiger partial charge in [0.1, 0.15) is 0 Å². The van der Waals surface area contributed by atoms with Crippen molar-refractivity contribution in [2.75, 3.05) is 32.7 Å². The fourth-order valence-corrected chi connectivity index (χ4v) is 3.54. The number of rotatable bonds is 7. The Morgan fingerprint density at radius 1 is 1.20 bits per heavy atom. The van der Waals surface area contributed by atoms with Crippen LogP contribution in [0.3, 0.4) is 0 Å². The lowest BCUT2D eigenvalue weighted by Gasteiger charge is -2.32. The summed E-state index contributed by atoms with van der Waals surface area (Å²) in [6, 6.07) is 7.24. The number of benzene rings is 1. The Kier molecular flexibility index (Phi) is 8.26. The monoisotopic (exact) mass is 344 g/mol. The molecule has 0 spiro atoms. The van der Waals surface area contributed by atoms with Crippen molar-refractivity contribution >= 4 is 5.96 Å². The van der Waals surface area contributed by atoms with Crippen molar-refractivity contribution in [3.05, 3.63) is 34.9 Å². The molecular formula is C21H36N4. The SMILES string of the molecule is CCCN1CCC(NC(=NCCc2ccc(C)cc2C)NCC)CC1. The van der Waals surface area contributed by atoms with E-state index in [0.717, 1.165) is 25.5 Å². The van der Waals surface area contributed by atoms with Crippen LogP contribution in [0.1, 0.15) is 49.8 Å². The molecule has 0 radical (unpaired) electrons. The van der Waals surface area contributed by atoms with Crippen LogP contribution in [-0.4, -0.2) is 49.6 Å². The van der Waals surface area contributed by atoms with E-state index < -0.39 is 0 Å². The van der Waals surface area contributed by atoms with Crippen molar-refractivity contribution in [3.8, 4) is 0 Å². The second kappa shape index (κ2) is 10.4. The summed E-state index contributed by atoms with van der Waals surface area (Å²) in [4.78, 5) is 7.37. The standard InChI is InChI=1S/C21H36N4/c1-5-13-25-14-10-20(11-15-25)24-21(22-6-2)23-12-9-19-8-7-17(3)16-18(19)4/h7-8,16,20H,5-6,9-15H2,1-4H3,(H2,22,23,24). The van der Waals surface area contributed by atoms with Gasteiger partial charge < -0.3 is 15.5 Å². The quantitative estimate of drug-likeness (QED) is 0.589. The van der Waals surface area contributed by atoms with E-state index in [2.05, 4.69) is 61.4 Å². The number of piperidine rings is 1. The van der Waals surface area contributed by atoms with Crippen molar-refractivity contribution in [2.45, 2.75) is 59.4 Å². The average molecular weight is 345 g/mol. The molecule has 25 heavy (non-hydrogen) atoms.